The molecule has 1 aromatic rings. The van der Waals surface area contributed by atoms with E-state index >= 15 is 0 Å². The summed E-state index contributed by atoms with van der Waals surface area (Å²) >= 11 is 6.02. The smallest absolute Gasteiger partial charge is 0.144 e. The summed E-state index contributed by atoms with van der Waals surface area (Å²) in [6, 6.07) is 5.82. The number of rotatable bonds is 4. The normalized spacial score (nSPS) is 11.7. The Balaban J connectivity index is 3.27. The van der Waals surface area contributed by atoms with Crippen molar-refractivity contribution in [2.24, 2.45) is 0 Å². The molecule has 0 aliphatic heterocycles. The van der Waals surface area contributed by atoms with Crippen LogP contribution in [0.4, 0.5) is 0 Å². The number of aldehydes is 1. The topological polar surface area (TPSA) is 26.3 Å². The highest BCUT2D eigenvalue weighted by Gasteiger charge is 2.09. The summed E-state index contributed by atoms with van der Waals surface area (Å²) in [6.07, 6.45) is 1.99. The Morgan fingerprint density at radius 2 is 2.12 bits per heavy atom. The Bertz CT molecular complexity index is 408. The van der Waals surface area contributed by atoms with Crippen LogP contribution < -0.4 is 4.74 Å². The van der Waals surface area contributed by atoms with E-state index in [-0.39, 0.29) is 0 Å². The van der Waals surface area contributed by atoms with Gasteiger partial charge in [-0.1, -0.05) is 31.5 Å². The molecule has 0 aliphatic carbocycles. The second-order valence-corrected chi connectivity index (χ2v) is 4.17. The van der Waals surface area contributed by atoms with Gasteiger partial charge in [0.2, 0.25) is 0 Å². The fraction of sp³-hybridized carbons (Fsp3) is 0.308. The minimum Gasteiger partial charge on any atom is -0.496 e. The molecule has 0 atom stereocenters. The molecule has 0 heterocycles. The number of carbonyl (C=O) groups excluding carboxylic acids is 1. The highest BCUT2D eigenvalue weighted by Crippen LogP contribution is 2.31. The van der Waals surface area contributed by atoms with E-state index in [2.05, 4.69) is 13.8 Å². The highest BCUT2D eigenvalue weighted by molar-refractivity contribution is 6.50. The first-order valence-corrected chi connectivity index (χ1v) is 5.47. The number of methoxy groups -OCH3 is 1. The molecule has 0 spiro atoms. The van der Waals surface area contributed by atoms with Crippen molar-refractivity contribution in [1.82, 2.24) is 0 Å². The van der Waals surface area contributed by atoms with Crippen LogP contribution >= 0.6 is 11.6 Å². The van der Waals surface area contributed by atoms with Gasteiger partial charge in [-0.2, -0.15) is 0 Å². The summed E-state index contributed by atoms with van der Waals surface area (Å²) < 4.78 is 5.21. The van der Waals surface area contributed by atoms with Crippen LogP contribution in [0.1, 0.15) is 30.9 Å². The van der Waals surface area contributed by atoms with Gasteiger partial charge in [-0.3, -0.25) is 4.79 Å². The number of carbonyl (C=O) groups is 1. The van der Waals surface area contributed by atoms with Crippen LogP contribution in [0, 0.1) is 0 Å². The molecule has 2 nitrogen and oxygen atoms in total. The van der Waals surface area contributed by atoms with Crippen molar-refractivity contribution in [2.45, 2.75) is 19.8 Å². The molecule has 0 saturated heterocycles. The average Bonchev–Trinajstić information content (AvgIpc) is 2.28. The van der Waals surface area contributed by atoms with E-state index in [0.29, 0.717) is 23.0 Å². The maximum absolute atomic E-state index is 10.4. The number of hydrogen-bond acceptors (Lipinski definition) is 2. The largest absolute Gasteiger partial charge is 0.496 e. The van der Waals surface area contributed by atoms with Crippen molar-refractivity contribution >= 4 is 22.9 Å². The maximum atomic E-state index is 10.4. The first-order chi connectivity index (χ1) is 7.60. The lowest BCUT2D eigenvalue weighted by atomic mass is 10.00. The van der Waals surface area contributed by atoms with Crippen LogP contribution in [0.2, 0.25) is 0 Å². The number of allylic oxidation sites excluding steroid dienone is 1. The molecule has 1 aromatic carbocycles. The summed E-state index contributed by atoms with van der Waals surface area (Å²) in [5, 5.41) is 0.398. The predicted molar refractivity (Wildman–Crippen MR) is 67.0 cm³/mol. The Hall–Kier alpha value is -1.28. The fourth-order valence-corrected chi connectivity index (χ4v) is 1.62. The van der Waals surface area contributed by atoms with Crippen molar-refractivity contribution < 1.29 is 9.53 Å². The van der Waals surface area contributed by atoms with Crippen molar-refractivity contribution in [3.05, 3.63) is 35.4 Å². The number of hydrogen-bond donors (Lipinski definition) is 0. The van der Waals surface area contributed by atoms with Gasteiger partial charge in [-0.25, -0.2) is 0 Å². The highest BCUT2D eigenvalue weighted by atomic mass is 35.5. The lowest BCUT2D eigenvalue weighted by Gasteiger charge is -2.11. The Kier molecular flexibility index (Phi) is 4.56. The SMILES string of the molecule is COc1ccc(C(C)C)cc1C(Cl)=CC=O. The lowest BCUT2D eigenvalue weighted by Crippen LogP contribution is -1.93. The van der Waals surface area contributed by atoms with E-state index in [4.69, 9.17) is 16.3 Å². The van der Waals surface area contributed by atoms with Gasteiger partial charge in [0.15, 0.2) is 0 Å². The lowest BCUT2D eigenvalue weighted by molar-refractivity contribution is -0.104. The minimum atomic E-state index is 0.398. The average molecular weight is 239 g/mol. The standard InChI is InChI=1S/C13H15ClO2/c1-9(2)10-4-5-13(16-3)11(8-10)12(14)6-7-15/h4-9H,1-3H3. The van der Waals surface area contributed by atoms with Crippen molar-refractivity contribution in [2.75, 3.05) is 7.11 Å². The third-order valence-corrected chi connectivity index (χ3v) is 2.69. The van der Waals surface area contributed by atoms with Gasteiger partial charge in [0, 0.05) is 5.56 Å². The Morgan fingerprint density at radius 3 is 2.62 bits per heavy atom. The molecular formula is C13H15ClO2. The van der Waals surface area contributed by atoms with Crippen LogP contribution in [0.15, 0.2) is 24.3 Å². The van der Waals surface area contributed by atoms with Gasteiger partial charge in [0.05, 0.1) is 12.1 Å². The molecule has 0 amide bonds. The van der Waals surface area contributed by atoms with E-state index in [0.717, 1.165) is 11.1 Å². The van der Waals surface area contributed by atoms with Crippen LogP contribution in [-0.4, -0.2) is 13.4 Å². The van der Waals surface area contributed by atoms with Gasteiger partial charge >= 0.3 is 0 Å². The third-order valence-electron chi connectivity index (χ3n) is 2.36. The molecule has 0 N–H and O–H groups in total. The molecule has 0 bridgehead atoms. The Morgan fingerprint density at radius 1 is 1.44 bits per heavy atom. The molecule has 1 rings (SSSR count). The molecule has 0 aliphatic rings. The monoisotopic (exact) mass is 238 g/mol. The van der Waals surface area contributed by atoms with Crippen LogP contribution in [0.5, 0.6) is 5.75 Å². The summed E-state index contributed by atoms with van der Waals surface area (Å²) in [7, 11) is 1.58. The summed E-state index contributed by atoms with van der Waals surface area (Å²) in [5.74, 6) is 1.08. The molecule has 0 saturated carbocycles. The van der Waals surface area contributed by atoms with Gasteiger partial charge in [0.25, 0.3) is 0 Å². The van der Waals surface area contributed by atoms with E-state index < -0.39 is 0 Å². The molecule has 86 valence electrons. The third kappa shape index (κ3) is 2.86. The fourth-order valence-electron chi connectivity index (χ4n) is 1.42. The zero-order chi connectivity index (χ0) is 12.1. The van der Waals surface area contributed by atoms with Crippen molar-refractivity contribution in [1.29, 1.82) is 0 Å². The summed E-state index contributed by atoms with van der Waals surface area (Å²) in [4.78, 5) is 10.4. The first-order valence-electron chi connectivity index (χ1n) is 5.09. The van der Waals surface area contributed by atoms with E-state index in [9.17, 15) is 4.79 Å². The number of ether oxygens (including phenoxy) is 1. The molecule has 0 unspecified atom stereocenters. The molecule has 0 aromatic heterocycles. The molecular weight excluding hydrogens is 224 g/mol. The first kappa shape index (κ1) is 12.8. The van der Waals surface area contributed by atoms with Gasteiger partial charge < -0.3 is 4.74 Å². The van der Waals surface area contributed by atoms with Gasteiger partial charge in [0.1, 0.15) is 12.0 Å². The van der Waals surface area contributed by atoms with E-state index in [1.807, 2.05) is 18.2 Å². The van der Waals surface area contributed by atoms with Crippen LogP contribution in [0.3, 0.4) is 0 Å². The molecule has 0 radical (unpaired) electrons. The second kappa shape index (κ2) is 5.71. The molecule has 0 fully saturated rings. The zero-order valence-electron chi connectivity index (χ0n) is 9.66. The Labute approximate surface area is 101 Å². The minimum absolute atomic E-state index is 0.398. The number of halogens is 1. The summed E-state index contributed by atoms with van der Waals surface area (Å²) in [5.41, 5.74) is 1.91. The van der Waals surface area contributed by atoms with E-state index in [1.54, 1.807) is 7.11 Å². The number of benzene rings is 1. The van der Waals surface area contributed by atoms with Crippen LogP contribution in [0.25, 0.3) is 5.03 Å². The quantitative estimate of drug-likeness (QED) is 0.592. The zero-order valence-corrected chi connectivity index (χ0v) is 10.4. The van der Waals surface area contributed by atoms with Crippen LogP contribution in [-0.2, 0) is 4.79 Å². The second-order valence-electron chi connectivity index (χ2n) is 3.77. The van der Waals surface area contributed by atoms with Gasteiger partial charge in [-0.15, -0.1) is 0 Å². The molecule has 3 heteroatoms. The van der Waals surface area contributed by atoms with Gasteiger partial charge in [-0.05, 0) is 29.7 Å². The maximum Gasteiger partial charge on any atom is 0.144 e. The van der Waals surface area contributed by atoms with Crippen molar-refractivity contribution in [3.63, 3.8) is 0 Å². The molecule has 16 heavy (non-hydrogen) atoms. The predicted octanol–water partition coefficient (Wildman–Crippen LogP) is 3.60. The van der Waals surface area contributed by atoms with Crippen molar-refractivity contribution in [3.8, 4) is 5.75 Å². The van der Waals surface area contributed by atoms with E-state index in [1.165, 1.54) is 6.08 Å². The summed E-state index contributed by atoms with van der Waals surface area (Å²) in [6.45, 7) is 4.20.